The number of fused-ring (bicyclic) bond motifs is 1. The van der Waals surface area contributed by atoms with Gasteiger partial charge in [0.05, 0.1) is 19.2 Å². The highest BCUT2D eigenvalue weighted by molar-refractivity contribution is 5.84. The number of furan rings is 1. The summed E-state index contributed by atoms with van der Waals surface area (Å²) in [6.45, 7) is 6.57. The number of halogens is 3. The SMILES string of the molecule is CCNC(=NCc1cn(C)nc1C(F)(F)F)NC(C)c1cc2cccc(OCC)c2o1. The van der Waals surface area contributed by atoms with E-state index in [0.717, 1.165) is 10.1 Å². The van der Waals surface area contributed by atoms with Crippen LogP contribution in [0.5, 0.6) is 5.75 Å². The van der Waals surface area contributed by atoms with Gasteiger partial charge in [0.15, 0.2) is 23.0 Å². The fourth-order valence-corrected chi connectivity index (χ4v) is 3.19. The molecule has 10 heteroatoms. The molecular weight excluding hydrogens is 411 g/mol. The Morgan fingerprint density at radius 2 is 2.10 bits per heavy atom. The van der Waals surface area contributed by atoms with Crippen LogP contribution in [0.1, 0.15) is 43.8 Å². The second-order valence-corrected chi connectivity index (χ2v) is 6.99. The topological polar surface area (TPSA) is 76.6 Å². The second kappa shape index (κ2) is 9.32. The Kier molecular flexibility index (Phi) is 6.77. The molecule has 168 valence electrons. The van der Waals surface area contributed by atoms with Gasteiger partial charge in [-0.2, -0.15) is 18.3 Å². The zero-order chi connectivity index (χ0) is 22.6. The number of ether oxygens (including phenoxy) is 1. The maximum absolute atomic E-state index is 13.2. The van der Waals surface area contributed by atoms with Crippen LogP contribution in [0.4, 0.5) is 13.2 Å². The van der Waals surface area contributed by atoms with E-state index in [9.17, 15) is 13.2 Å². The molecule has 2 heterocycles. The Bertz CT molecular complexity index is 1060. The van der Waals surface area contributed by atoms with Gasteiger partial charge in [0.2, 0.25) is 0 Å². The molecule has 1 atom stereocenters. The van der Waals surface area contributed by atoms with E-state index in [1.54, 1.807) is 0 Å². The molecule has 3 aromatic rings. The Hall–Kier alpha value is -3.17. The quantitative estimate of drug-likeness (QED) is 0.423. The summed E-state index contributed by atoms with van der Waals surface area (Å²) in [5.74, 6) is 1.69. The highest BCUT2D eigenvalue weighted by Gasteiger charge is 2.36. The lowest BCUT2D eigenvalue weighted by atomic mass is 10.2. The van der Waals surface area contributed by atoms with Crippen molar-refractivity contribution in [1.29, 1.82) is 0 Å². The van der Waals surface area contributed by atoms with Crippen molar-refractivity contribution in [2.24, 2.45) is 12.0 Å². The first-order chi connectivity index (χ1) is 14.7. The monoisotopic (exact) mass is 437 g/mol. The third kappa shape index (κ3) is 5.31. The summed E-state index contributed by atoms with van der Waals surface area (Å²) < 4.78 is 52.3. The van der Waals surface area contributed by atoms with E-state index in [2.05, 4.69) is 20.7 Å². The van der Waals surface area contributed by atoms with Gasteiger partial charge in [-0.25, -0.2) is 4.99 Å². The minimum absolute atomic E-state index is 0.00458. The lowest BCUT2D eigenvalue weighted by Crippen LogP contribution is -2.38. The number of hydrogen-bond donors (Lipinski definition) is 2. The minimum atomic E-state index is -4.53. The van der Waals surface area contributed by atoms with E-state index in [0.29, 0.717) is 36.2 Å². The number of rotatable bonds is 7. The number of nitrogens with one attached hydrogen (secondary N) is 2. The fourth-order valence-electron chi connectivity index (χ4n) is 3.19. The number of aromatic nitrogens is 2. The summed E-state index contributed by atoms with van der Waals surface area (Å²) in [6, 6.07) is 7.28. The Morgan fingerprint density at radius 1 is 1.32 bits per heavy atom. The van der Waals surface area contributed by atoms with Crippen molar-refractivity contribution in [1.82, 2.24) is 20.4 Å². The highest BCUT2D eigenvalue weighted by atomic mass is 19.4. The molecule has 1 unspecified atom stereocenters. The summed E-state index contributed by atoms with van der Waals surface area (Å²) in [6.07, 6.45) is -3.20. The normalized spacial score (nSPS) is 13.5. The molecule has 0 amide bonds. The highest BCUT2D eigenvalue weighted by Crippen LogP contribution is 2.32. The van der Waals surface area contributed by atoms with E-state index < -0.39 is 11.9 Å². The first-order valence-electron chi connectivity index (χ1n) is 10.0. The average Bonchev–Trinajstić information content (AvgIpc) is 3.30. The van der Waals surface area contributed by atoms with Gasteiger partial charge in [-0.15, -0.1) is 0 Å². The lowest BCUT2D eigenvalue weighted by Gasteiger charge is -2.16. The number of aryl methyl sites for hydroxylation is 1. The second-order valence-electron chi connectivity index (χ2n) is 6.99. The molecule has 0 saturated carbocycles. The number of benzene rings is 1. The number of aliphatic imine (C=N–C) groups is 1. The Labute approximate surface area is 178 Å². The third-order valence-corrected chi connectivity index (χ3v) is 4.53. The van der Waals surface area contributed by atoms with Crippen molar-refractivity contribution >= 4 is 16.9 Å². The smallest absolute Gasteiger partial charge is 0.435 e. The molecule has 0 aliphatic rings. The summed E-state index contributed by atoms with van der Waals surface area (Å²) >= 11 is 0. The first kappa shape index (κ1) is 22.5. The number of guanidine groups is 1. The van der Waals surface area contributed by atoms with Crippen LogP contribution < -0.4 is 15.4 Å². The molecule has 0 saturated heterocycles. The van der Waals surface area contributed by atoms with Gasteiger partial charge in [-0.3, -0.25) is 4.68 Å². The van der Waals surface area contributed by atoms with Crippen LogP contribution in [0.25, 0.3) is 11.0 Å². The van der Waals surface area contributed by atoms with E-state index in [4.69, 9.17) is 9.15 Å². The number of nitrogens with zero attached hydrogens (tertiary/aromatic N) is 3. The van der Waals surface area contributed by atoms with Gasteiger partial charge in [-0.05, 0) is 32.9 Å². The van der Waals surface area contributed by atoms with E-state index in [-0.39, 0.29) is 18.2 Å². The molecule has 0 aliphatic carbocycles. The summed E-state index contributed by atoms with van der Waals surface area (Å²) in [5.41, 5.74) is -0.270. The van der Waals surface area contributed by atoms with E-state index >= 15 is 0 Å². The molecule has 2 aromatic heterocycles. The molecule has 31 heavy (non-hydrogen) atoms. The maximum atomic E-state index is 13.2. The first-order valence-corrected chi connectivity index (χ1v) is 10.0. The van der Waals surface area contributed by atoms with Crippen molar-refractivity contribution in [2.75, 3.05) is 13.2 Å². The maximum Gasteiger partial charge on any atom is 0.435 e. The van der Waals surface area contributed by atoms with Crippen LogP contribution in [0.2, 0.25) is 0 Å². The fraction of sp³-hybridized carbons (Fsp3) is 0.429. The van der Waals surface area contributed by atoms with Gasteiger partial charge in [0.25, 0.3) is 0 Å². The zero-order valence-electron chi connectivity index (χ0n) is 17.9. The van der Waals surface area contributed by atoms with Gasteiger partial charge in [0, 0.05) is 30.7 Å². The van der Waals surface area contributed by atoms with E-state index in [1.165, 1.54) is 13.2 Å². The van der Waals surface area contributed by atoms with Crippen molar-refractivity contribution in [3.8, 4) is 5.75 Å². The van der Waals surface area contributed by atoms with Gasteiger partial charge < -0.3 is 19.8 Å². The van der Waals surface area contributed by atoms with Crippen LogP contribution in [0, 0.1) is 0 Å². The molecule has 0 bridgehead atoms. The largest absolute Gasteiger partial charge is 0.490 e. The van der Waals surface area contributed by atoms with Crippen LogP contribution in [-0.4, -0.2) is 28.9 Å². The Morgan fingerprint density at radius 3 is 2.77 bits per heavy atom. The number of para-hydroxylation sites is 1. The molecule has 3 rings (SSSR count). The van der Waals surface area contributed by atoms with Crippen molar-refractivity contribution in [2.45, 2.75) is 39.5 Å². The zero-order valence-corrected chi connectivity index (χ0v) is 17.9. The molecule has 0 aliphatic heterocycles. The average molecular weight is 437 g/mol. The Balaban J connectivity index is 1.80. The molecular formula is C21H26F3N5O2. The standard InChI is InChI=1S/C21H26F3N5O2/c1-5-25-20(26-11-15-12-29(4)28-19(15)21(22,23)24)27-13(3)17-10-14-8-7-9-16(30-6-2)18(14)31-17/h7-10,12-13H,5-6,11H2,1-4H3,(H2,25,26,27). The lowest BCUT2D eigenvalue weighted by molar-refractivity contribution is -0.142. The number of hydrogen-bond acceptors (Lipinski definition) is 4. The molecule has 2 N–H and O–H groups in total. The molecule has 0 spiro atoms. The number of alkyl halides is 3. The molecule has 7 nitrogen and oxygen atoms in total. The van der Waals surface area contributed by atoms with Crippen LogP contribution in [0.15, 0.2) is 39.9 Å². The predicted molar refractivity (Wildman–Crippen MR) is 112 cm³/mol. The van der Waals surface area contributed by atoms with E-state index in [1.807, 2.05) is 45.0 Å². The minimum Gasteiger partial charge on any atom is -0.490 e. The summed E-state index contributed by atoms with van der Waals surface area (Å²) in [7, 11) is 1.45. The van der Waals surface area contributed by atoms with Crippen LogP contribution >= 0.6 is 0 Å². The van der Waals surface area contributed by atoms with Gasteiger partial charge >= 0.3 is 6.18 Å². The predicted octanol–water partition coefficient (Wildman–Crippen LogP) is 4.40. The van der Waals surface area contributed by atoms with Crippen LogP contribution in [0.3, 0.4) is 0 Å². The summed E-state index contributed by atoms with van der Waals surface area (Å²) in [5, 5.41) is 10.6. The summed E-state index contributed by atoms with van der Waals surface area (Å²) in [4.78, 5) is 4.31. The van der Waals surface area contributed by atoms with Gasteiger partial charge in [-0.1, -0.05) is 12.1 Å². The molecule has 0 radical (unpaired) electrons. The molecule has 0 fully saturated rings. The van der Waals surface area contributed by atoms with Crippen molar-refractivity contribution < 1.29 is 22.3 Å². The molecule has 1 aromatic carbocycles. The third-order valence-electron chi connectivity index (χ3n) is 4.53. The van der Waals surface area contributed by atoms with Crippen molar-refractivity contribution in [3.05, 3.63) is 47.5 Å². The van der Waals surface area contributed by atoms with Gasteiger partial charge in [0.1, 0.15) is 5.76 Å². The van der Waals surface area contributed by atoms with Crippen LogP contribution in [-0.2, 0) is 19.8 Å². The van der Waals surface area contributed by atoms with Crippen molar-refractivity contribution in [3.63, 3.8) is 0 Å².